The van der Waals surface area contributed by atoms with Crippen molar-refractivity contribution in [2.24, 2.45) is 5.92 Å². The number of carbonyl (C=O) groups excluding carboxylic acids is 2. The van der Waals surface area contributed by atoms with Crippen LogP contribution < -0.4 is 15.4 Å². The van der Waals surface area contributed by atoms with Gasteiger partial charge in [-0.15, -0.1) is 0 Å². The highest BCUT2D eigenvalue weighted by Gasteiger charge is 2.57. The van der Waals surface area contributed by atoms with Gasteiger partial charge in [-0.05, 0) is 56.2 Å². The fourth-order valence-electron chi connectivity index (χ4n) is 5.70. The van der Waals surface area contributed by atoms with Crippen molar-refractivity contribution in [3.05, 3.63) is 46.6 Å². The first kappa shape index (κ1) is 21.0. The fourth-order valence-corrected chi connectivity index (χ4v) is 5.88. The zero-order valence-corrected chi connectivity index (χ0v) is 18.8. The molecule has 9 heteroatoms. The molecule has 0 spiro atoms. The average Bonchev–Trinajstić information content (AvgIpc) is 3.40. The van der Waals surface area contributed by atoms with Crippen LogP contribution in [0.25, 0.3) is 0 Å². The van der Waals surface area contributed by atoms with E-state index < -0.39 is 12.2 Å². The van der Waals surface area contributed by atoms with Crippen molar-refractivity contribution in [3.8, 4) is 5.75 Å². The fraction of sp³-hybridized carbons (Fsp3) is 0.542. The minimum atomic E-state index is -0.808. The van der Waals surface area contributed by atoms with Gasteiger partial charge < -0.3 is 24.9 Å². The van der Waals surface area contributed by atoms with Crippen molar-refractivity contribution in [2.75, 3.05) is 0 Å². The van der Waals surface area contributed by atoms with Crippen LogP contribution in [0.3, 0.4) is 0 Å². The standard InChI is InChI=1S/C24H26ClN3O5/c25-14-4-5-18-15(6-14)17(29)7-19(32-18)22(31)28-24-8-13(9-24)16(10-24)27-21(30)20-11-26-23(33-20)12-2-1-3-12/h4-6,11-13,16-17,19,29H,1-3,7-10H2,(H,27,30)(H,28,31)/t13?,16?,17-,19-,24?/m1/s1. The molecule has 5 aliphatic rings. The number of aliphatic hydroxyl groups excluding tert-OH is 1. The second-order valence-electron chi connectivity index (χ2n) is 9.95. The van der Waals surface area contributed by atoms with Gasteiger partial charge in [-0.25, -0.2) is 4.98 Å². The molecule has 2 heterocycles. The van der Waals surface area contributed by atoms with Gasteiger partial charge in [0.2, 0.25) is 5.76 Å². The number of halogens is 1. The third-order valence-electron chi connectivity index (χ3n) is 7.72. The Morgan fingerprint density at radius 2 is 2.03 bits per heavy atom. The van der Waals surface area contributed by atoms with Gasteiger partial charge >= 0.3 is 0 Å². The Kier molecular flexibility index (Phi) is 4.92. The van der Waals surface area contributed by atoms with Crippen LogP contribution in [0.5, 0.6) is 5.75 Å². The number of hydrogen-bond donors (Lipinski definition) is 3. The quantitative estimate of drug-likeness (QED) is 0.616. The van der Waals surface area contributed by atoms with Gasteiger partial charge in [0.1, 0.15) is 5.75 Å². The highest BCUT2D eigenvalue weighted by atomic mass is 35.5. The van der Waals surface area contributed by atoms with E-state index in [4.69, 9.17) is 20.8 Å². The Hall–Kier alpha value is -2.58. The van der Waals surface area contributed by atoms with Crippen LogP contribution in [0.15, 0.2) is 28.8 Å². The molecular weight excluding hydrogens is 446 g/mol. The van der Waals surface area contributed by atoms with Gasteiger partial charge in [-0.2, -0.15) is 0 Å². The lowest BCUT2D eigenvalue weighted by molar-refractivity contribution is -0.133. The molecule has 4 saturated carbocycles. The highest BCUT2D eigenvalue weighted by Crippen LogP contribution is 2.52. The van der Waals surface area contributed by atoms with Crippen molar-refractivity contribution < 1.29 is 23.8 Å². The first-order valence-electron chi connectivity index (χ1n) is 11.6. The van der Waals surface area contributed by atoms with Crippen molar-refractivity contribution in [1.29, 1.82) is 0 Å². The van der Waals surface area contributed by atoms with Gasteiger partial charge in [-0.3, -0.25) is 9.59 Å². The summed E-state index contributed by atoms with van der Waals surface area (Å²) in [4.78, 5) is 29.9. The summed E-state index contributed by atoms with van der Waals surface area (Å²) in [5.74, 6) is 1.57. The topological polar surface area (TPSA) is 114 Å². The van der Waals surface area contributed by atoms with E-state index in [1.807, 2.05) is 0 Å². The highest BCUT2D eigenvalue weighted by molar-refractivity contribution is 6.30. The number of ether oxygens (including phenoxy) is 1. The molecule has 3 N–H and O–H groups in total. The van der Waals surface area contributed by atoms with Crippen molar-refractivity contribution >= 4 is 23.4 Å². The summed E-state index contributed by atoms with van der Waals surface area (Å²) in [5.41, 5.74) is 0.261. The van der Waals surface area contributed by atoms with Crippen molar-refractivity contribution in [2.45, 2.75) is 74.7 Å². The zero-order valence-electron chi connectivity index (χ0n) is 18.1. The van der Waals surface area contributed by atoms with Crippen molar-refractivity contribution in [1.82, 2.24) is 15.6 Å². The third kappa shape index (κ3) is 3.69. The lowest BCUT2D eigenvalue weighted by atomic mass is 9.76. The maximum absolute atomic E-state index is 13.0. The lowest BCUT2D eigenvalue weighted by Gasteiger charge is -2.40. The molecule has 0 radical (unpaired) electrons. The molecule has 3 atom stereocenters. The van der Waals surface area contributed by atoms with E-state index in [1.54, 1.807) is 18.2 Å². The molecule has 2 bridgehead atoms. The second-order valence-corrected chi connectivity index (χ2v) is 10.4. The summed E-state index contributed by atoms with van der Waals surface area (Å²) in [6, 6.07) is 5.00. The number of nitrogens with zero attached hydrogens (tertiary/aromatic N) is 1. The van der Waals surface area contributed by atoms with E-state index in [0.717, 1.165) is 25.7 Å². The molecule has 2 amide bonds. The smallest absolute Gasteiger partial charge is 0.288 e. The van der Waals surface area contributed by atoms with Crippen LogP contribution in [0.4, 0.5) is 0 Å². The Morgan fingerprint density at radius 1 is 1.21 bits per heavy atom. The largest absolute Gasteiger partial charge is 0.480 e. The summed E-state index contributed by atoms with van der Waals surface area (Å²) < 4.78 is 11.5. The van der Waals surface area contributed by atoms with E-state index in [9.17, 15) is 14.7 Å². The first-order valence-corrected chi connectivity index (χ1v) is 12.0. The summed E-state index contributed by atoms with van der Waals surface area (Å²) in [5, 5.41) is 17.2. The minimum Gasteiger partial charge on any atom is -0.480 e. The van der Waals surface area contributed by atoms with Gasteiger partial charge in [0.25, 0.3) is 11.8 Å². The molecule has 4 fully saturated rings. The number of nitrogens with one attached hydrogen (secondary N) is 2. The van der Waals surface area contributed by atoms with Gasteiger partial charge in [0.05, 0.1) is 12.3 Å². The SMILES string of the molecule is O=C(NC1CC2(NC(=O)[C@H]3C[C@@H](O)c4cc(Cl)ccc4O3)CC1C2)c1cnc(C2CCC2)o1. The van der Waals surface area contributed by atoms with E-state index in [2.05, 4.69) is 15.6 Å². The van der Waals surface area contributed by atoms with E-state index in [0.29, 0.717) is 40.5 Å². The number of oxazole rings is 1. The third-order valence-corrected chi connectivity index (χ3v) is 7.96. The molecule has 8 nitrogen and oxygen atoms in total. The Balaban J connectivity index is 1.06. The van der Waals surface area contributed by atoms with Crippen LogP contribution in [0.2, 0.25) is 5.02 Å². The molecule has 174 valence electrons. The number of rotatable bonds is 5. The van der Waals surface area contributed by atoms with E-state index >= 15 is 0 Å². The van der Waals surface area contributed by atoms with Crippen LogP contribution in [0, 0.1) is 5.92 Å². The molecule has 1 aromatic heterocycles. The Labute approximate surface area is 196 Å². The monoisotopic (exact) mass is 471 g/mol. The Morgan fingerprint density at radius 3 is 2.79 bits per heavy atom. The summed E-state index contributed by atoms with van der Waals surface area (Å²) in [6.07, 6.45) is 5.71. The molecule has 33 heavy (non-hydrogen) atoms. The molecule has 1 unspecified atom stereocenters. The molecule has 0 saturated heterocycles. The number of aliphatic hydroxyl groups is 1. The summed E-state index contributed by atoms with van der Waals surface area (Å²) in [6.45, 7) is 0. The predicted molar refractivity (Wildman–Crippen MR) is 118 cm³/mol. The normalized spacial score (nSPS) is 32.2. The molecule has 4 aliphatic carbocycles. The van der Waals surface area contributed by atoms with Crippen LogP contribution in [-0.4, -0.2) is 39.6 Å². The van der Waals surface area contributed by atoms with Crippen LogP contribution in [-0.2, 0) is 4.79 Å². The van der Waals surface area contributed by atoms with Crippen LogP contribution in [0.1, 0.15) is 79.0 Å². The number of aromatic nitrogens is 1. The number of carbonyl (C=O) groups is 2. The van der Waals surface area contributed by atoms with Gasteiger partial charge in [0, 0.05) is 34.5 Å². The predicted octanol–water partition coefficient (Wildman–Crippen LogP) is 3.25. The van der Waals surface area contributed by atoms with Crippen LogP contribution >= 0.6 is 11.6 Å². The second kappa shape index (κ2) is 7.74. The Bertz CT molecular complexity index is 1110. The lowest BCUT2D eigenvalue weighted by Crippen LogP contribution is -2.56. The maximum Gasteiger partial charge on any atom is 0.288 e. The van der Waals surface area contributed by atoms with Gasteiger partial charge in [0.15, 0.2) is 12.0 Å². The molecule has 2 aromatic rings. The van der Waals surface area contributed by atoms with Gasteiger partial charge in [-0.1, -0.05) is 18.0 Å². The summed E-state index contributed by atoms with van der Waals surface area (Å²) in [7, 11) is 0. The maximum atomic E-state index is 13.0. The van der Waals surface area contributed by atoms with E-state index in [-0.39, 0.29) is 35.6 Å². The zero-order chi connectivity index (χ0) is 22.7. The number of amides is 2. The average molecular weight is 472 g/mol. The van der Waals surface area contributed by atoms with Crippen molar-refractivity contribution in [3.63, 3.8) is 0 Å². The molecule has 1 aromatic carbocycles. The minimum absolute atomic E-state index is 0.0178. The van der Waals surface area contributed by atoms with E-state index in [1.165, 1.54) is 12.6 Å². The molecule has 1 aliphatic heterocycles. The molecule has 7 rings (SSSR count). The number of fused-ring (bicyclic) bond motifs is 2. The molecular formula is C24H26ClN3O5. The summed E-state index contributed by atoms with van der Waals surface area (Å²) >= 11 is 6.01. The number of benzene rings is 1. The first-order chi connectivity index (χ1) is 15.9. The number of hydrogen-bond acceptors (Lipinski definition) is 6.